The minimum atomic E-state index is -0.538. The van der Waals surface area contributed by atoms with Crippen LogP contribution >= 0.6 is 15.9 Å². The van der Waals surface area contributed by atoms with Gasteiger partial charge in [-0.2, -0.15) is 9.78 Å². The molecule has 0 spiro atoms. The molecule has 0 aliphatic carbocycles. The summed E-state index contributed by atoms with van der Waals surface area (Å²) in [4.78, 5) is 29.4. The van der Waals surface area contributed by atoms with Gasteiger partial charge < -0.3 is 18.9 Å². The number of carbonyl (C=O) groups is 1. The number of ether oxygens (including phenoxy) is 4. The van der Waals surface area contributed by atoms with Crippen molar-refractivity contribution in [2.75, 3.05) is 27.9 Å². The molecule has 180 valence electrons. The normalized spacial score (nSPS) is 11.1. The highest BCUT2D eigenvalue weighted by Gasteiger charge is 2.16. The molecule has 0 amide bonds. The molecule has 0 aliphatic rings. The zero-order valence-corrected chi connectivity index (χ0v) is 21.0. The number of hydrogen-bond donors (Lipinski definition) is 0. The number of hydrogen-bond acceptors (Lipinski definition) is 8. The molecule has 1 heterocycles. The highest BCUT2D eigenvalue weighted by molar-refractivity contribution is 9.10. The number of carbonyl (C=O) groups excluding carboxylic acids is 1. The Morgan fingerprint density at radius 3 is 2.47 bits per heavy atom. The molecular weight excluding hydrogens is 506 g/mol. The maximum absolute atomic E-state index is 13.2. The lowest BCUT2D eigenvalue weighted by Gasteiger charge is -2.14. The molecule has 10 heteroatoms. The van der Waals surface area contributed by atoms with Crippen molar-refractivity contribution < 1.29 is 23.7 Å². The number of benzene rings is 2. The first-order valence-electron chi connectivity index (χ1n) is 10.6. The van der Waals surface area contributed by atoms with Gasteiger partial charge in [-0.1, -0.05) is 29.3 Å². The van der Waals surface area contributed by atoms with E-state index in [0.717, 1.165) is 17.3 Å². The zero-order valence-electron chi connectivity index (χ0n) is 19.5. The molecule has 0 aliphatic heterocycles. The van der Waals surface area contributed by atoms with E-state index in [1.54, 1.807) is 18.2 Å². The fourth-order valence-corrected chi connectivity index (χ4v) is 3.60. The Kier molecular flexibility index (Phi) is 8.64. The van der Waals surface area contributed by atoms with E-state index in [1.165, 1.54) is 32.2 Å². The first kappa shape index (κ1) is 25.2. The highest BCUT2D eigenvalue weighted by atomic mass is 79.9. The summed E-state index contributed by atoms with van der Waals surface area (Å²) in [6.45, 7) is 1.78. The SMILES string of the molecule is CCCCc1nc2ccc(Br)cc2c(=O)n1N=Cc1cc(OC)c(OCC(=O)OC)c(OC)c1. The summed E-state index contributed by atoms with van der Waals surface area (Å²) in [6, 6.07) is 8.74. The quantitative estimate of drug-likeness (QED) is 0.288. The van der Waals surface area contributed by atoms with Crippen LogP contribution in [0.5, 0.6) is 17.2 Å². The molecule has 3 aromatic rings. The van der Waals surface area contributed by atoms with Crippen LogP contribution in [0.4, 0.5) is 0 Å². The summed E-state index contributed by atoms with van der Waals surface area (Å²) in [5.74, 6) is 0.970. The number of halogens is 1. The Hall–Kier alpha value is -3.40. The first-order valence-corrected chi connectivity index (χ1v) is 11.4. The van der Waals surface area contributed by atoms with Gasteiger partial charge in [-0.25, -0.2) is 9.78 Å². The van der Waals surface area contributed by atoms with Gasteiger partial charge in [0.1, 0.15) is 5.82 Å². The van der Waals surface area contributed by atoms with Gasteiger partial charge in [0.05, 0.1) is 38.4 Å². The second-order valence-electron chi connectivity index (χ2n) is 7.27. The Morgan fingerprint density at radius 2 is 1.85 bits per heavy atom. The second-order valence-corrected chi connectivity index (χ2v) is 8.19. The molecule has 1 aromatic heterocycles. The summed E-state index contributed by atoms with van der Waals surface area (Å²) < 4.78 is 23.1. The van der Waals surface area contributed by atoms with Gasteiger partial charge >= 0.3 is 5.97 Å². The fraction of sp³-hybridized carbons (Fsp3) is 0.333. The molecule has 0 radical (unpaired) electrons. The van der Waals surface area contributed by atoms with Crippen LogP contribution in [0.3, 0.4) is 0 Å². The predicted octanol–water partition coefficient (Wildman–Crippen LogP) is 3.95. The van der Waals surface area contributed by atoms with Crippen LogP contribution in [0.1, 0.15) is 31.2 Å². The minimum absolute atomic E-state index is 0.255. The van der Waals surface area contributed by atoms with Crippen molar-refractivity contribution in [1.29, 1.82) is 0 Å². The summed E-state index contributed by atoms with van der Waals surface area (Å²) >= 11 is 3.41. The fourth-order valence-electron chi connectivity index (χ4n) is 3.24. The Bertz CT molecular complexity index is 1250. The second kappa shape index (κ2) is 11.6. The molecule has 0 atom stereocenters. The third kappa shape index (κ3) is 5.74. The maximum atomic E-state index is 13.2. The van der Waals surface area contributed by atoms with E-state index < -0.39 is 5.97 Å². The molecule has 3 rings (SSSR count). The Morgan fingerprint density at radius 1 is 1.15 bits per heavy atom. The van der Waals surface area contributed by atoms with E-state index in [4.69, 9.17) is 14.2 Å². The molecule has 2 aromatic carbocycles. The van der Waals surface area contributed by atoms with E-state index >= 15 is 0 Å². The molecule has 0 saturated carbocycles. The predicted molar refractivity (Wildman–Crippen MR) is 132 cm³/mol. The number of aryl methyl sites for hydroxylation is 1. The molecule has 0 saturated heterocycles. The molecule has 34 heavy (non-hydrogen) atoms. The molecule has 0 fully saturated rings. The Labute approximate surface area is 205 Å². The maximum Gasteiger partial charge on any atom is 0.343 e. The van der Waals surface area contributed by atoms with E-state index in [9.17, 15) is 9.59 Å². The van der Waals surface area contributed by atoms with Crippen molar-refractivity contribution >= 4 is 39.0 Å². The van der Waals surface area contributed by atoms with Crippen LogP contribution in [0.15, 0.2) is 44.7 Å². The molecule has 0 bridgehead atoms. The Balaban J connectivity index is 2.05. The van der Waals surface area contributed by atoms with E-state index in [2.05, 4.69) is 37.7 Å². The summed E-state index contributed by atoms with van der Waals surface area (Å²) in [5, 5.41) is 4.92. The van der Waals surface area contributed by atoms with E-state index in [-0.39, 0.29) is 17.9 Å². The van der Waals surface area contributed by atoms with Crippen LogP contribution in [0.2, 0.25) is 0 Å². The lowest BCUT2D eigenvalue weighted by molar-refractivity contribution is -0.142. The van der Waals surface area contributed by atoms with E-state index in [1.807, 2.05) is 12.1 Å². The molecule has 9 nitrogen and oxygen atoms in total. The van der Waals surface area contributed by atoms with Gasteiger partial charge in [-0.15, -0.1) is 0 Å². The van der Waals surface area contributed by atoms with Crippen molar-refractivity contribution in [1.82, 2.24) is 9.66 Å². The van der Waals surface area contributed by atoms with Crippen LogP contribution in [0, 0.1) is 0 Å². The summed E-state index contributed by atoms with van der Waals surface area (Å²) in [6.07, 6.45) is 3.97. The standard InChI is InChI=1S/C24H26BrN3O6/c1-5-6-7-21-27-18-9-8-16(25)12-17(18)24(30)28(21)26-13-15-10-19(31-2)23(20(11-15)32-3)34-14-22(29)33-4/h8-13H,5-7,14H2,1-4H3. The first-order chi connectivity index (χ1) is 16.4. The lowest BCUT2D eigenvalue weighted by Crippen LogP contribution is -2.22. The molecule has 0 N–H and O–H groups in total. The summed E-state index contributed by atoms with van der Waals surface area (Å²) in [5.41, 5.74) is 0.966. The van der Waals surface area contributed by atoms with Crippen LogP contribution < -0.4 is 19.8 Å². The van der Waals surface area contributed by atoms with Gasteiger partial charge in [0.15, 0.2) is 18.1 Å². The number of nitrogens with zero attached hydrogens (tertiary/aromatic N) is 3. The van der Waals surface area contributed by atoms with Crippen LogP contribution in [-0.4, -0.2) is 49.8 Å². The van der Waals surface area contributed by atoms with Crippen molar-refractivity contribution in [3.05, 3.63) is 56.5 Å². The third-order valence-electron chi connectivity index (χ3n) is 5.00. The van der Waals surface area contributed by atoms with Crippen LogP contribution in [-0.2, 0) is 16.0 Å². The third-order valence-corrected chi connectivity index (χ3v) is 5.49. The van der Waals surface area contributed by atoms with Gasteiger partial charge in [0.2, 0.25) is 5.75 Å². The number of unbranched alkanes of at least 4 members (excludes halogenated alkanes) is 1. The average molecular weight is 532 g/mol. The van der Waals surface area contributed by atoms with Crippen molar-refractivity contribution in [3.63, 3.8) is 0 Å². The van der Waals surface area contributed by atoms with Gasteiger partial charge in [-0.3, -0.25) is 4.79 Å². The highest BCUT2D eigenvalue weighted by Crippen LogP contribution is 2.38. The van der Waals surface area contributed by atoms with Crippen molar-refractivity contribution in [2.45, 2.75) is 26.2 Å². The lowest BCUT2D eigenvalue weighted by atomic mass is 10.2. The molecule has 0 unspecified atom stereocenters. The smallest absolute Gasteiger partial charge is 0.343 e. The van der Waals surface area contributed by atoms with Crippen molar-refractivity contribution in [2.24, 2.45) is 5.10 Å². The van der Waals surface area contributed by atoms with Crippen LogP contribution in [0.25, 0.3) is 10.9 Å². The van der Waals surface area contributed by atoms with E-state index in [0.29, 0.717) is 40.2 Å². The number of aromatic nitrogens is 2. The topological polar surface area (TPSA) is 101 Å². The van der Waals surface area contributed by atoms with Gasteiger partial charge in [0, 0.05) is 16.5 Å². The number of methoxy groups -OCH3 is 3. The number of esters is 1. The van der Waals surface area contributed by atoms with Crippen molar-refractivity contribution in [3.8, 4) is 17.2 Å². The number of fused-ring (bicyclic) bond motifs is 1. The van der Waals surface area contributed by atoms with Gasteiger partial charge in [-0.05, 0) is 36.8 Å². The van der Waals surface area contributed by atoms with Gasteiger partial charge in [0.25, 0.3) is 5.56 Å². The largest absolute Gasteiger partial charge is 0.493 e. The average Bonchev–Trinajstić information content (AvgIpc) is 2.85. The monoisotopic (exact) mass is 531 g/mol. The number of rotatable bonds is 10. The molecular formula is C24H26BrN3O6. The minimum Gasteiger partial charge on any atom is -0.493 e. The zero-order chi connectivity index (χ0) is 24.7. The summed E-state index contributed by atoms with van der Waals surface area (Å²) in [7, 11) is 4.22.